The van der Waals surface area contributed by atoms with Crippen molar-refractivity contribution >= 4 is 52.2 Å². The van der Waals surface area contributed by atoms with Crippen molar-refractivity contribution in [1.29, 1.82) is 0 Å². The topological polar surface area (TPSA) is 109 Å². The third-order valence-corrected chi connectivity index (χ3v) is 12.5. The van der Waals surface area contributed by atoms with Gasteiger partial charge >= 0.3 is 11.0 Å². The number of aromatic amines is 1. The summed E-state index contributed by atoms with van der Waals surface area (Å²) in [7, 11) is 0. The van der Waals surface area contributed by atoms with Gasteiger partial charge in [-0.2, -0.15) is 13.2 Å². The van der Waals surface area contributed by atoms with E-state index in [2.05, 4.69) is 10.3 Å². The van der Waals surface area contributed by atoms with Crippen LogP contribution in [-0.4, -0.2) is 34.6 Å². The molecular formula is C34H25F4N3O5S2. The van der Waals surface area contributed by atoms with Crippen LogP contribution in [0.2, 0.25) is 0 Å². The Labute approximate surface area is 278 Å². The molecule has 6 unspecified atom stereocenters. The number of carbonyl (C=O) groups excluding carboxylic acids is 3. The average molecular weight is 696 g/mol. The van der Waals surface area contributed by atoms with E-state index in [0.29, 0.717) is 17.9 Å². The molecule has 3 amide bonds. The molecule has 3 fully saturated rings. The summed E-state index contributed by atoms with van der Waals surface area (Å²) in [6.45, 7) is -0.281. The van der Waals surface area contributed by atoms with Crippen LogP contribution in [0.15, 0.2) is 82.6 Å². The number of aromatic nitrogens is 1. The summed E-state index contributed by atoms with van der Waals surface area (Å²) in [5.74, 6) is -3.46. The van der Waals surface area contributed by atoms with Crippen molar-refractivity contribution in [2.45, 2.75) is 28.8 Å². The van der Waals surface area contributed by atoms with Crippen LogP contribution in [0.1, 0.15) is 28.3 Å². The highest BCUT2D eigenvalue weighted by Crippen LogP contribution is 2.68. The number of imide groups is 1. The number of anilines is 2. The number of thioether (sulfide) groups is 1. The molecule has 7 atom stereocenters. The number of alkyl halides is 3. The van der Waals surface area contributed by atoms with Gasteiger partial charge in [0.15, 0.2) is 6.61 Å². The Morgan fingerprint density at radius 3 is 2.38 bits per heavy atom. The van der Waals surface area contributed by atoms with Gasteiger partial charge in [0.1, 0.15) is 11.6 Å². The first-order chi connectivity index (χ1) is 23.0. The van der Waals surface area contributed by atoms with Crippen molar-refractivity contribution in [2.24, 2.45) is 29.6 Å². The predicted octanol–water partition coefficient (Wildman–Crippen LogP) is 6.29. The molecule has 2 N–H and O–H groups in total. The zero-order valence-electron chi connectivity index (χ0n) is 24.7. The van der Waals surface area contributed by atoms with Crippen molar-refractivity contribution in [2.75, 3.05) is 16.8 Å². The van der Waals surface area contributed by atoms with E-state index in [9.17, 15) is 36.7 Å². The standard InChI is InChI=1S/C34H25F4N3O5S2/c35-17-6-8-18(9-7-17)39-23(42)14-46-20-10-4-15(5-11-20)24-25-21-13-22(28(25)47-30-29(24)48-33(45)40-30)27-26(21)31(43)41(32(27)44)19-3-1-2-16(12-19)34(36,37)38/h1-12,21-22,24-28H,13-14H2,(H,39,42)(H,40,45)/t21?,22?,24-,25?,26?,27?,28?/m1/s1. The molecule has 2 aliphatic carbocycles. The molecule has 0 radical (unpaired) electrons. The van der Waals surface area contributed by atoms with Crippen molar-refractivity contribution in [3.8, 4) is 5.75 Å². The fourth-order valence-electron chi connectivity index (χ4n) is 8.12. The third kappa shape index (κ3) is 5.04. The van der Waals surface area contributed by atoms with Crippen LogP contribution in [0.5, 0.6) is 5.75 Å². The average Bonchev–Trinajstić information content (AvgIpc) is 3.80. The van der Waals surface area contributed by atoms with Gasteiger partial charge < -0.3 is 15.0 Å². The summed E-state index contributed by atoms with van der Waals surface area (Å²) in [5, 5.41) is 3.27. The van der Waals surface area contributed by atoms with Crippen molar-refractivity contribution in [1.82, 2.24) is 4.98 Å². The highest BCUT2D eigenvalue weighted by molar-refractivity contribution is 8.00. The molecule has 14 heteroatoms. The summed E-state index contributed by atoms with van der Waals surface area (Å²) in [5.41, 5.74) is 0.297. The maximum absolute atomic E-state index is 13.9. The van der Waals surface area contributed by atoms with Gasteiger partial charge in [-0.25, -0.2) is 4.39 Å². The molecule has 246 valence electrons. The number of nitrogens with one attached hydrogen (secondary N) is 2. The molecule has 3 heterocycles. The van der Waals surface area contributed by atoms with E-state index in [1.165, 1.54) is 48.2 Å². The number of ether oxygens (including phenoxy) is 1. The van der Waals surface area contributed by atoms with Gasteiger partial charge in [-0.15, -0.1) is 11.8 Å². The van der Waals surface area contributed by atoms with Crippen molar-refractivity contribution in [3.63, 3.8) is 0 Å². The highest BCUT2D eigenvalue weighted by Gasteiger charge is 2.69. The number of rotatable bonds is 6. The molecular weight excluding hydrogens is 671 g/mol. The van der Waals surface area contributed by atoms with E-state index < -0.39 is 47.1 Å². The molecule has 8 rings (SSSR count). The largest absolute Gasteiger partial charge is 0.484 e. The van der Waals surface area contributed by atoms with Gasteiger partial charge in [0.25, 0.3) is 5.91 Å². The maximum Gasteiger partial charge on any atom is 0.416 e. The molecule has 1 saturated heterocycles. The fourth-order valence-corrected chi connectivity index (χ4v) is 11.0. The normalized spacial score (nSPS) is 27.1. The summed E-state index contributed by atoms with van der Waals surface area (Å²) in [6.07, 6.45) is -3.99. The quantitative estimate of drug-likeness (QED) is 0.181. The first-order valence-corrected chi connectivity index (χ1v) is 16.9. The maximum atomic E-state index is 13.9. The van der Waals surface area contributed by atoms with Crippen molar-refractivity contribution in [3.05, 3.63) is 104 Å². The van der Waals surface area contributed by atoms with Crippen LogP contribution in [0.4, 0.5) is 28.9 Å². The smallest absolute Gasteiger partial charge is 0.416 e. The summed E-state index contributed by atoms with van der Waals surface area (Å²) in [4.78, 5) is 57.1. The molecule has 3 aromatic carbocycles. The number of hydrogen-bond donors (Lipinski definition) is 2. The number of carbonyl (C=O) groups is 3. The van der Waals surface area contributed by atoms with E-state index in [4.69, 9.17) is 4.74 Å². The minimum atomic E-state index is -4.62. The van der Waals surface area contributed by atoms with Gasteiger partial charge in [-0.1, -0.05) is 29.5 Å². The van der Waals surface area contributed by atoms with Gasteiger partial charge in [-0.3, -0.25) is 24.1 Å². The number of thiazole rings is 1. The second-order valence-corrected chi connectivity index (χ2v) is 14.6. The Balaban J connectivity index is 1.05. The zero-order valence-corrected chi connectivity index (χ0v) is 26.3. The molecule has 48 heavy (non-hydrogen) atoms. The fraction of sp³-hybridized carbons (Fsp3) is 0.294. The Morgan fingerprint density at radius 2 is 1.67 bits per heavy atom. The van der Waals surface area contributed by atoms with Crippen LogP contribution < -0.4 is 19.8 Å². The second-order valence-electron chi connectivity index (χ2n) is 12.4. The second kappa shape index (κ2) is 11.3. The summed E-state index contributed by atoms with van der Waals surface area (Å²) >= 11 is 2.62. The molecule has 2 saturated carbocycles. The molecule has 2 aliphatic heterocycles. The van der Waals surface area contributed by atoms with E-state index in [1.54, 1.807) is 12.1 Å². The Hall–Kier alpha value is -4.43. The first-order valence-electron chi connectivity index (χ1n) is 15.2. The third-order valence-electron chi connectivity index (χ3n) is 9.89. The van der Waals surface area contributed by atoms with Crippen LogP contribution >= 0.6 is 23.1 Å². The Morgan fingerprint density at radius 1 is 0.958 bits per heavy atom. The van der Waals surface area contributed by atoms with Gasteiger partial charge in [-0.05, 0) is 84.3 Å². The Kier molecular flexibility index (Phi) is 7.29. The van der Waals surface area contributed by atoms with E-state index >= 15 is 0 Å². The lowest BCUT2D eigenvalue weighted by molar-refractivity contribution is -0.137. The van der Waals surface area contributed by atoms with Crippen LogP contribution in [0, 0.1) is 35.4 Å². The zero-order chi connectivity index (χ0) is 33.5. The first kappa shape index (κ1) is 30.9. The number of amides is 3. The van der Waals surface area contributed by atoms with Gasteiger partial charge in [0.2, 0.25) is 11.8 Å². The van der Waals surface area contributed by atoms with E-state index in [1.807, 2.05) is 12.1 Å². The lowest BCUT2D eigenvalue weighted by Gasteiger charge is -2.43. The number of nitrogens with zero attached hydrogens (tertiary/aromatic N) is 1. The molecule has 2 bridgehead atoms. The SMILES string of the molecule is O=C(COc1ccc([C@H]2c3sc(=O)[nH]c3SC3C4CC(C5C(=O)N(c6cccc(C(F)(F)F)c6)C(=O)C45)C32)cc1)Nc1ccc(F)cc1. The molecule has 0 spiro atoms. The monoisotopic (exact) mass is 695 g/mol. The number of benzene rings is 3. The van der Waals surface area contributed by atoms with Gasteiger partial charge in [0.05, 0.1) is 28.1 Å². The summed E-state index contributed by atoms with van der Waals surface area (Å²) < 4.78 is 59.3. The minimum Gasteiger partial charge on any atom is -0.484 e. The molecule has 4 aliphatic rings. The van der Waals surface area contributed by atoms with E-state index in [-0.39, 0.29) is 46.1 Å². The summed E-state index contributed by atoms with van der Waals surface area (Å²) in [6, 6.07) is 16.8. The number of hydrogen-bond acceptors (Lipinski definition) is 7. The van der Waals surface area contributed by atoms with Crippen molar-refractivity contribution < 1.29 is 36.7 Å². The number of fused-ring (bicyclic) bond motifs is 9. The van der Waals surface area contributed by atoms with Crippen LogP contribution in [0.25, 0.3) is 0 Å². The lowest BCUT2D eigenvalue weighted by atomic mass is 9.68. The van der Waals surface area contributed by atoms with E-state index in [0.717, 1.165) is 43.8 Å². The highest BCUT2D eigenvalue weighted by atomic mass is 32.2. The van der Waals surface area contributed by atoms with Gasteiger partial charge in [0, 0.05) is 21.7 Å². The number of halogens is 4. The Bertz CT molecular complexity index is 2010. The molecule has 4 aromatic rings. The minimum absolute atomic E-state index is 0.0776. The van der Waals surface area contributed by atoms with Crippen LogP contribution in [-0.2, 0) is 20.6 Å². The predicted molar refractivity (Wildman–Crippen MR) is 169 cm³/mol. The van der Waals surface area contributed by atoms with Crippen LogP contribution in [0.3, 0.4) is 0 Å². The number of H-pyrrole nitrogens is 1. The molecule has 1 aromatic heterocycles. The molecule has 8 nitrogen and oxygen atoms in total. The lowest BCUT2D eigenvalue weighted by Crippen LogP contribution is -2.42.